The van der Waals surface area contributed by atoms with E-state index in [-0.39, 0.29) is 0 Å². The lowest BCUT2D eigenvalue weighted by Gasteiger charge is -2.16. The van der Waals surface area contributed by atoms with E-state index < -0.39 is 7.14 Å². The Morgan fingerprint density at radius 1 is 0.317 bits per heavy atom. The van der Waals surface area contributed by atoms with Crippen molar-refractivity contribution in [2.45, 2.75) is 0 Å². The monoisotopic (exact) mass is 821 g/mol. The van der Waals surface area contributed by atoms with Crippen LogP contribution in [0.3, 0.4) is 0 Å². The van der Waals surface area contributed by atoms with E-state index in [1.54, 1.807) is 0 Å². The van der Waals surface area contributed by atoms with Crippen LogP contribution in [0, 0.1) is 0 Å². The highest BCUT2D eigenvalue weighted by Gasteiger charge is 2.41. The molecule has 63 heavy (non-hydrogen) atoms. The standard InChI is InChI=1S/C60H40NOP/c62-63(52-18-8-3-9-19-52)57-23-13-11-21-55(57)59-58(63)37-36-54-53-20-10-12-22-56(53)61(60(54)59)51-34-32-47(33-35-51)50-39-48(45-28-24-43(25-29-45)41-14-4-1-5-15-41)38-49(40-50)46-30-26-44(27-31-46)42-16-6-2-7-17-42/h1-40H. The maximum Gasteiger partial charge on any atom is 0.172 e. The molecule has 1 unspecified atom stereocenters. The van der Waals surface area contributed by atoms with Crippen molar-refractivity contribution in [2.24, 2.45) is 0 Å². The first kappa shape index (κ1) is 37.0. The van der Waals surface area contributed by atoms with Gasteiger partial charge < -0.3 is 9.13 Å². The molecule has 12 rings (SSSR count). The average Bonchev–Trinajstić information content (AvgIpc) is 3.84. The summed E-state index contributed by atoms with van der Waals surface area (Å²) in [5.41, 5.74) is 17.1. The fourth-order valence-electron chi connectivity index (χ4n) is 9.75. The zero-order valence-electron chi connectivity index (χ0n) is 34.4. The second kappa shape index (κ2) is 15.0. The summed E-state index contributed by atoms with van der Waals surface area (Å²) in [5, 5.41) is 5.00. The van der Waals surface area contributed by atoms with Gasteiger partial charge in [0, 0.05) is 37.9 Å². The lowest BCUT2D eigenvalue weighted by atomic mass is 9.92. The predicted molar refractivity (Wildman–Crippen MR) is 266 cm³/mol. The Morgan fingerprint density at radius 2 is 0.746 bits per heavy atom. The molecule has 0 saturated carbocycles. The molecule has 1 atom stereocenters. The Bertz CT molecular complexity index is 3440. The molecule has 0 fully saturated rings. The molecule has 1 aromatic heterocycles. The Labute approximate surface area is 367 Å². The van der Waals surface area contributed by atoms with E-state index >= 15 is 4.57 Å². The van der Waals surface area contributed by atoms with E-state index in [9.17, 15) is 0 Å². The summed E-state index contributed by atoms with van der Waals surface area (Å²) >= 11 is 0. The third-order valence-electron chi connectivity index (χ3n) is 12.8. The second-order valence-corrected chi connectivity index (χ2v) is 19.1. The molecule has 296 valence electrons. The summed E-state index contributed by atoms with van der Waals surface area (Å²) in [4.78, 5) is 0. The van der Waals surface area contributed by atoms with Crippen LogP contribution in [-0.2, 0) is 4.57 Å². The summed E-state index contributed by atoms with van der Waals surface area (Å²) in [7, 11) is -3.12. The van der Waals surface area contributed by atoms with Crippen molar-refractivity contribution in [1.29, 1.82) is 0 Å². The van der Waals surface area contributed by atoms with Crippen LogP contribution in [0.1, 0.15) is 0 Å². The van der Waals surface area contributed by atoms with Crippen molar-refractivity contribution in [3.8, 4) is 72.4 Å². The predicted octanol–water partition coefficient (Wildman–Crippen LogP) is 14.7. The molecular weight excluding hydrogens is 782 g/mol. The van der Waals surface area contributed by atoms with Crippen LogP contribution < -0.4 is 15.9 Å². The zero-order chi connectivity index (χ0) is 41.9. The minimum Gasteiger partial charge on any atom is -0.309 e. The molecule has 2 heterocycles. The third kappa shape index (κ3) is 6.14. The average molecular weight is 822 g/mol. The van der Waals surface area contributed by atoms with E-state index in [1.807, 2.05) is 36.4 Å². The Balaban J connectivity index is 1.00. The van der Waals surface area contributed by atoms with Crippen LogP contribution in [0.25, 0.3) is 94.3 Å². The lowest BCUT2D eigenvalue weighted by molar-refractivity contribution is 0.593. The molecule has 0 aliphatic carbocycles. The van der Waals surface area contributed by atoms with Crippen molar-refractivity contribution in [1.82, 2.24) is 4.57 Å². The van der Waals surface area contributed by atoms with Gasteiger partial charge in [0.25, 0.3) is 0 Å². The molecule has 11 aromatic rings. The van der Waals surface area contributed by atoms with Gasteiger partial charge in [-0.1, -0.05) is 200 Å². The summed E-state index contributed by atoms with van der Waals surface area (Å²) in [6, 6.07) is 86.2. The van der Waals surface area contributed by atoms with Crippen LogP contribution in [0.2, 0.25) is 0 Å². The Morgan fingerprint density at radius 3 is 1.30 bits per heavy atom. The molecule has 0 spiro atoms. The maximum absolute atomic E-state index is 15.6. The van der Waals surface area contributed by atoms with Crippen molar-refractivity contribution in [3.63, 3.8) is 0 Å². The van der Waals surface area contributed by atoms with Gasteiger partial charge in [-0.25, -0.2) is 0 Å². The molecule has 10 aromatic carbocycles. The van der Waals surface area contributed by atoms with E-state index in [4.69, 9.17) is 0 Å². The van der Waals surface area contributed by atoms with Crippen LogP contribution >= 0.6 is 7.14 Å². The van der Waals surface area contributed by atoms with Crippen LogP contribution in [0.15, 0.2) is 243 Å². The quantitative estimate of drug-likeness (QED) is 0.147. The minimum absolute atomic E-state index is 0.864. The topological polar surface area (TPSA) is 22.0 Å². The highest BCUT2D eigenvalue weighted by Crippen LogP contribution is 2.55. The highest BCUT2D eigenvalue weighted by molar-refractivity contribution is 7.86. The van der Waals surface area contributed by atoms with Gasteiger partial charge in [0.2, 0.25) is 0 Å². The number of hydrogen-bond donors (Lipinski definition) is 0. The van der Waals surface area contributed by atoms with Gasteiger partial charge in [-0.2, -0.15) is 0 Å². The number of nitrogens with zero attached hydrogens (tertiary/aromatic N) is 1. The molecular formula is C60H40NOP. The fourth-order valence-corrected chi connectivity index (χ4v) is 12.8. The first-order chi connectivity index (χ1) is 31.1. The van der Waals surface area contributed by atoms with Gasteiger partial charge in [-0.05, 0) is 104 Å². The third-order valence-corrected chi connectivity index (χ3v) is 16.0. The van der Waals surface area contributed by atoms with E-state index in [0.29, 0.717) is 0 Å². The summed E-state index contributed by atoms with van der Waals surface area (Å²) in [5.74, 6) is 0. The molecule has 0 N–H and O–H groups in total. The first-order valence-electron chi connectivity index (χ1n) is 21.5. The fraction of sp³-hybridized carbons (Fsp3) is 0. The molecule has 2 nitrogen and oxygen atoms in total. The largest absolute Gasteiger partial charge is 0.309 e. The SMILES string of the molecule is O=P1(c2ccccc2)c2ccccc2-c2c1ccc1c3ccccc3n(-c3ccc(-c4cc(-c5ccc(-c6ccccc6)cc5)cc(-c5ccc(-c6ccccc6)cc5)c4)cc3)c21. The molecule has 0 amide bonds. The summed E-state index contributed by atoms with van der Waals surface area (Å²) < 4.78 is 18.0. The van der Waals surface area contributed by atoms with Crippen molar-refractivity contribution < 1.29 is 4.57 Å². The van der Waals surface area contributed by atoms with Crippen LogP contribution in [-0.4, -0.2) is 4.57 Å². The lowest BCUT2D eigenvalue weighted by Crippen LogP contribution is -2.20. The molecule has 1 aliphatic heterocycles. The van der Waals surface area contributed by atoms with Crippen LogP contribution in [0.5, 0.6) is 0 Å². The van der Waals surface area contributed by atoms with Gasteiger partial charge in [0.05, 0.1) is 11.0 Å². The van der Waals surface area contributed by atoms with Crippen molar-refractivity contribution in [2.75, 3.05) is 0 Å². The number of para-hydroxylation sites is 1. The van der Waals surface area contributed by atoms with E-state index in [0.717, 1.165) is 71.4 Å². The molecule has 3 heteroatoms. The van der Waals surface area contributed by atoms with E-state index in [1.165, 1.54) is 38.8 Å². The summed E-state index contributed by atoms with van der Waals surface area (Å²) in [6.45, 7) is 0. The zero-order valence-corrected chi connectivity index (χ0v) is 35.3. The first-order valence-corrected chi connectivity index (χ1v) is 23.2. The summed E-state index contributed by atoms with van der Waals surface area (Å²) in [6.07, 6.45) is 0. The Hall–Kier alpha value is -7.77. The van der Waals surface area contributed by atoms with Crippen molar-refractivity contribution in [3.05, 3.63) is 243 Å². The van der Waals surface area contributed by atoms with Gasteiger partial charge >= 0.3 is 0 Å². The second-order valence-electron chi connectivity index (χ2n) is 16.4. The number of hydrogen-bond acceptors (Lipinski definition) is 1. The minimum atomic E-state index is -3.12. The Kier molecular flexibility index (Phi) is 8.81. The van der Waals surface area contributed by atoms with Gasteiger partial charge in [-0.3, -0.25) is 0 Å². The number of aromatic nitrogens is 1. The molecule has 0 bridgehead atoms. The highest BCUT2D eigenvalue weighted by atomic mass is 31.2. The molecule has 0 radical (unpaired) electrons. The number of benzene rings is 10. The van der Waals surface area contributed by atoms with Crippen LogP contribution in [0.4, 0.5) is 0 Å². The molecule has 0 saturated heterocycles. The van der Waals surface area contributed by atoms with Gasteiger partial charge in [0.15, 0.2) is 7.14 Å². The maximum atomic E-state index is 15.6. The number of rotatable bonds is 7. The van der Waals surface area contributed by atoms with Crippen molar-refractivity contribution >= 4 is 44.9 Å². The smallest absolute Gasteiger partial charge is 0.172 e. The molecule has 1 aliphatic rings. The van der Waals surface area contributed by atoms with E-state index in [2.05, 4.69) is 211 Å². The normalized spacial score (nSPS) is 14.2. The van der Waals surface area contributed by atoms with Gasteiger partial charge in [0.1, 0.15) is 0 Å². The number of fused-ring (bicyclic) bond motifs is 7. The van der Waals surface area contributed by atoms with Gasteiger partial charge in [-0.15, -0.1) is 0 Å².